The van der Waals surface area contributed by atoms with Crippen LogP contribution in [-0.4, -0.2) is 20.8 Å². The molecule has 0 bridgehead atoms. The third-order valence-electron chi connectivity index (χ3n) is 2.99. The van der Waals surface area contributed by atoms with Gasteiger partial charge >= 0.3 is 5.97 Å². The fourth-order valence-electron chi connectivity index (χ4n) is 2.16. The van der Waals surface area contributed by atoms with Gasteiger partial charge in [-0.15, -0.1) is 0 Å². The van der Waals surface area contributed by atoms with Crippen LogP contribution in [0, 0.1) is 10.1 Å². The van der Waals surface area contributed by atoms with Crippen LogP contribution in [0.5, 0.6) is 0 Å². The number of fused-ring (bicyclic) bond motifs is 1. The Morgan fingerprint density at radius 1 is 1.53 bits per heavy atom. The van der Waals surface area contributed by atoms with Crippen molar-refractivity contribution in [2.24, 2.45) is 0 Å². The molecule has 90 valence electrons. The van der Waals surface area contributed by atoms with Crippen LogP contribution >= 0.6 is 15.9 Å². The Morgan fingerprint density at radius 3 is 2.82 bits per heavy atom. The topological polar surface area (TPSA) is 80.4 Å². The zero-order chi connectivity index (χ0) is 12.6. The van der Waals surface area contributed by atoms with Crippen molar-refractivity contribution in [1.82, 2.24) is 0 Å². The maximum Gasteiger partial charge on any atom is 0.312 e. The van der Waals surface area contributed by atoms with Gasteiger partial charge in [0.15, 0.2) is 0 Å². The summed E-state index contributed by atoms with van der Waals surface area (Å²) in [5.74, 6) is -1.66. The summed E-state index contributed by atoms with van der Waals surface area (Å²) in [5.41, 5.74) is 1.38. The number of aliphatic carboxylic acids is 1. The number of hydrogen-bond donors (Lipinski definition) is 1. The van der Waals surface area contributed by atoms with E-state index >= 15 is 0 Å². The molecule has 0 spiro atoms. The lowest BCUT2D eigenvalue weighted by Gasteiger charge is -2.26. The highest BCUT2D eigenvalue weighted by Gasteiger charge is 2.34. The first-order valence-corrected chi connectivity index (χ1v) is 6.06. The first-order chi connectivity index (χ1) is 8.00. The van der Waals surface area contributed by atoms with E-state index in [0.717, 1.165) is 18.4 Å². The summed E-state index contributed by atoms with van der Waals surface area (Å²) in [5, 5.41) is 19.9. The first kappa shape index (κ1) is 12.0. The summed E-state index contributed by atoms with van der Waals surface area (Å²) in [6.45, 7) is 0. The number of alkyl halides is 1. The molecule has 0 amide bonds. The number of benzene rings is 1. The lowest BCUT2D eigenvalue weighted by Crippen LogP contribution is -2.27. The smallest absolute Gasteiger partial charge is 0.312 e. The lowest BCUT2D eigenvalue weighted by molar-refractivity contribution is -0.384. The molecule has 1 N–H and O–H groups in total. The Balaban J connectivity index is 2.52. The average Bonchev–Trinajstić information content (AvgIpc) is 2.27. The molecular formula is C11H10BrNO4. The first-order valence-electron chi connectivity index (χ1n) is 5.15. The van der Waals surface area contributed by atoms with E-state index in [1.807, 2.05) is 0 Å². The van der Waals surface area contributed by atoms with Crippen LogP contribution in [0.1, 0.15) is 23.5 Å². The normalized spacial score (nSPS) is 22.9. The largest absolute Gasteiger partial charge is 0.481 e. The van der Waals surface area contributed by atoms with Crippen molar-refractivity contribution in [1.29, 1.82) is 0 Å². The molecule has 0 fully saturated rings. The summed E-state index contributed by atoms with van der Waals surface area (Å²) in [6, 6.07) is 4.45. The number of carboxylic acids is 1. The summed E-state index contributed by atoms with van der Waals surface area (Å²) in [6.07, 6.45) is 1.47. The number of aryl methyl sites for hydroxylation is 1. The second kappa shape index (κ2) is 4.44. The van der Waals surface area contributed by atoms with Gasteiger partial charge in [-0.3, -0.25) is 14.9 Å². The van der Waals surface area contributed by atoms with Gasteiger partial charge in [-0.25, -0.2) is 0 Å². The average molecular weight is 300 g/mol. The Labute approximate surface area is 106 Å². The molecule has 1 aliphatic rings. The summed E-state index contributed by atoms with van der Waals surface area (Å²) in [4.78, 5) is 21.2. The molecule has 1 aliphatic carbocycles. The molecule has 0 aromatic heterocycles. The molecule has 0 radical (unpaired) electrons. The molecule has 5 nitrogen and oxygen atoms in total. The van der Waals surface area contributed by atoms with Crippen molar-refractivity contribution in [2.45, 2.75) is 23.6 Å². The molecule has 2 unspecified atom stereocenters. The third-order valence-corrected chi connectivity index (χ3v) is 3.98. The van der Waals surface area contributed by atoms with Gasteiger partial charge in [0.25, 0.3) is 5.69 Å². The molecule has 0 saturated carbocycles. The second-order valence-corrected chi connectivity index (χ2v) is 5.19. The number of nitro benzene ring substituents is 1. The van der Waals surface area contributed by atoms with E-state index in [0.29, 0.717) is 5.56 Å². The number of halogens is 1. The molecule has 2 rings (SSSR count). The molecule has 2 atom stereocenters. The van der Waals surface area contributed by atoms with E-state index in [1.165, 1.54) is 12.1 Å². The molecule has 1 aromatic carbocycles. The predicted molar refractivity (Wildman–Crippen MR) is 64.5 cm³/mol. The minimum atomic E-state index is -0.951. The minimum Gasteiger partial charge on any atom is -0.481 e. The van der Waals surface area contributed by atoms with Crippen LogP contribution in [0.3, 0.4) is 0 Å². The van der Waals surface area contributed by atoms with Gasteiger partial charge in [0.1, 0.15) is 0 Å². The molecule has 0 saturated heterocycles. The predicted octanol–water partition coefficient (Wildman–Crippen LogP) is 2.47. The highest BCUT2D eigenvalue weighted by molar-refractivity contribution is 9.09. The second-order valence-electron chi connectivity index (χ2n) is 4.01. The van der Waals surface area contributed by atoms with Crippen LogP contribution in [0.25, 0.3) is 0 Å². The number of hydrogen-bond acceptors (Lipinski definition) is 3. The van der Waals surface area contributed by atoms with Crippen molar-refractivity contribution < 1.29 is 14.8 Å². The number of nitro groups is 1. The van der Waals surface area contributed by atoms with Crippen molar-refractivity contribution in [2.75, 3.05) is 0 Å². The standard InChI is InChI=1S/C11H10BrNO4/c12-9-4-2-6-1-3-7(13(16)17)5-8(6)10(9)11(14)15/h1,3,5,9-10H,2,4H2,(H,14,15). The number of non-ortho nitro benzene ring substituents is 1. The van der Waals surface area contributed by atoms with Crippen molar-refractivity contribution in [3.63, 3.8) is 0 Å². The zero-order valence-electron chi connectivity index (χ0n) is 8.80. The van der Waals surface area contributed by atoms with Crippen molar-refractivity contribution in [3.8, 4) is 0 Å². The minimum absolute atomic E-state index is 0.0587. The SMILES string of the molecule is O=C(O)C1c2cc([N+](=O)[O-])ccc2CCC1Br. The van der Waals surface area contributed by atoms with E-state index in [4.69, 9.17) is 0 Å². The van der Waals surface area contributed by atoms with Crippen molar-refractivity contribution >= 4 is 27.6 Å². The van der Waals surface area contributed by atoms with Gasteiger partial charge in [0.2, 0.25) is 0 Å². The maximum absolute atomic E-state index is 11.2. The van der Waals surface area contributed by atoms with Gasteiger partial charge in [-0.05, 0) is 24.0 Å². The van der Waals surface area contributed by atoms with E-state index in [2.05, 4.69) is 15.9 Å². The van der Waals surface area contributed by atoms with Gasteiger partial charge in [0.05, 0.1) is 10.8 Å². The van der Waals surface area contributed by atoms with Gasteiger partial charge in [0, 0.05) is 17.0 Å². The zero-order valence-corrected chi connectivity index (χ0v) is 10.4. The molecule has 1 aromatic rings. The van der Waals surface area contributed by atoms with Gasteiger partial charge in [-0.2, -0.15) is 0 Å². The molecule has 0 aliphatic heterocycles. The Kier molecular flexibility index (Phi) is 3.15. The number of carbonyl (C=O) groups is 1. The van der Waals surface area contributed by atoms with Gasteiger partial charge in [-0.1, -0.05) is 22.0 Å². The molecule has 0 heterocycles. The molecular weight excluding hydrogens is 290 g/mol. The van der Waals surface area contributed by atoms with Crippen LogP contribution < -0.4 is 0 Å². The Hall–Kier alpha value is -1.43. The Bertz CT molecular complexity index is 488. The van der Waals surface area contributed by atoms with Crippen LogP contribution in [0.4, 0.5) is 5.69 Å². The fourth-order valence-corrected chi connectivity index (χ4v) is 2.90. The van der Waals surface area contributed by atoms with E-state index in [9.17, 15) is 20.0 Å². The third kappa shape index (κ3) is 2.17. The summed E-state index contributed by atoms with van der Waals surface area (Å²) < 4.78 is 0. The number of nitrogens with zero attached hydrogens (tertiary/aromatic N) is 1. The maximum atomic E-state index is 11.2. The molecule has 17 heavy (non-hydrogen) atoms. The van der Waals surface area contributed by atoms with E-state index in [-0.39, 0.29) is 10.5 Å². The van der Waals surface area contributed by atoms with Crippen LogP contribution in [0.2, 0.25) is 0 Å². The van der Waals surface area contributed by atoms with Crippen molar-refractivity contribution in [3.05, 3.63) is 39.4 Å². The van der Waals surface area contributed by atoms with E-state index in [1.54, 1.807) is 6.07 Å². The summed E-state index contributed by atoms with van der Waals surface area (Å²) in [7, 11) is 0. The monoisotopic (exact) mass is 299 g/mol. The fraction of sp³-hybridized carbons (Fsp3) is 0.364. The van der Waals surface area contributed by atoms with Gasteiger partial charge < -0.3 is 5.11 Å². The van der Waals surface area contributed by atoms with Crippen LogP contribution in [0.15, 0.2) is 18.2 Å². The van der Waals surface area contributed by atoms with Crippen LogP contribution in [-0.2, 0) is 11.2 Å². The lowest BCUT2D eigenvalue weighted by atomic mass is 9.82. The highest BCUT2D eigenvalue weighted by Crippen LogP contribution is 2.37. The highest BCUT2D eigenvalue weighted by atomic mass is 79.9. The Morgan fingerprint density at radius 2 is 2.24 bits per heavy atom. The number of carboxylic acid groups (broad SMARTS) is 1. The molecule has 6 heteroatoms. The van der Waals surface area contributed by atoms with E-state index < -0.39 is 16.8 Å². The summed E-state index contributed by atoms with van der Waals surface area (Å²) >= 11 is 3.34. The number of rotatable bonds is 2. The quantitative estimate of drug-likeness (QED) is 0.517.